The Morgan fingerprint density at radius 2 is 1.15 bits per heavy atom. The van der Waals surface area contributed by atoms with Crippen molar-refractivity contribution in [3.63, 3.8) is 0 Å². The van der Waals surface area contributed by atoms with Crippen molar-refractivity contribution in [1.82, 2.24) is 0 Å². The van der Waals surface area contributed by atoms with E-state index in [1.165, 1.54) is 0 Å². The Morgan fingerprint density at radius 3 is 1.70 bits per heavy atom. The Bertz CT molecular complexity index is 1250. The molecule has 6 heteroatoms. The van der Waals surface area contributed by atoms with E-state index in [0.717, 1.165) is 35.1 Å². The van der Waals surface area contributed by atoms with E-state index in [-0.39, 0.29) is 12.2 Å². The van der Waals surface area contributed by atoms with Crippen molar-refractivity contribution >= 4 is 0 Å². The van der Waals surface area contributed by atoms with Crippen molar-refractivity contribution in [3.8, 4) is 0 Å². The molecule has 2 heterocycles. The maximum Gasteiger partial charge on any atom is 0.184 e. The molecule has 0 aromatic heterocycles. The third kappa shape index (κ3) is 6.78. The first-order valence-electron chi connectivity index (χ1n) is 14.1. The summed E-state index contributed by atoms with van der Waals surface area (Å²) in [7, 11) is 0. The van der Waals surface area contributed by atoms with Gasteiger partial charge in [0.25, 0.3) is 0 Å². The van der Waals surface area contributed by atoms with Gasteiger partial charge in [-0.1, -0.05) is 109 Å². The number of hydrogen-bond donors (Lipinski definition) is 0. The van der Waals surface area contributed by atoms with Crippen LogP contribution in [0, 0.1) is 0 Å². The summed E-state index contributed by atoms with van der Waals surface area (Å²) in [5, 5.41) is 0. The molecule has 2 aliphatic heterocycles. The highest BCUT2D eigenvalue weighted by atomic mass is 16.7. The Morgan fingerprint density at radius 1 is 0.625 bits per heavy atom. The minimum absolute atomic E-state index is 0.349. The zero-order chi connectivity index (χ0) is 27.0. The molecule has 0 N–H and O–H groups in total. The molecule has 6 nitrogen and oxygen atoms in total. The van der Waals surface area contributed by atoms with Crippen LogP contribution in [0.3, 0.4) is 0 Å². The topological polar surface area (TPSA) is 55.4 Å². The second-order valence-corrected chi connectivity index (χ2v) is 10.3. The minimum atomic E-state index is -0.528. The minimum Gasteiger partial charge on any atom is -0.368 e. The maximum atomic E-state index is 6.72. The third-order valence-corrected chi connectivity index (χ3v) is 7.48. The van der Waals surface area contributed by atoms with Gasteiger partial charge in [0.2, 0.25) is 0 Å². The van der Waals surface area contributed by atoms with E-state index in [0.29, 0.717) is 26.4 Å². The smallest absolute Gasteiger partial charge is 0.184 e. The lowest BCUT2D eigenvalue weighted by Gasteiger charge is -2.46. The Kier molecular flexibility index (Phi) is 9.15. The van der Waals surface area contributed by atoms with Gasteiger partial charge in [0.15, 0.2) is 12.6 Å². The predicted octanol–water partition coefficient (Wildman–Crippen LogP) is 6.29. The number of ether oxygens (including phenoxy) is 6. The Hall–Kier alpha value is -3.10. The summed E-state index contributed by atoms with van der Waals surface area (Å²) >= 11 is 0. The quantitative estimate of drug-likeness (QED) is 0.318. The normalized spacial score (nSPS) is 28.6. The van der Waals surface area contributed by atoms with Gasteiger partial charge in [0.05, 0.1) is 26.4 Å². The van der Waals surface area contributed by atoms with Crippen molar-refractivity contribution in [3.05, 3.63) is 131 Å². The SMILES string of the molecule is C1=CCCC([C@@H]2OC[C@H](OCc3ccccc3)C(C3O[C@H](c4ccccc4)OC[C@@H]3OCc3ccccc3)O2)=C1. The second-order valence-electron chi connectivity index (χ2n) is 10.3. The van der Waals surface area contributed by atoms with Gasteiger partial charge in [-0.3, -0.25) is 0 Å². The van der Waals surface area contributed by atoms with E-state index in [2.05, 4.69) is 42.5 Å². The highest BCUT2D eigenvalue weighted by Crippen LogP contribution is 2.35. The van der Waals surface area contributed by atoms with Crippen molar-refractivity contribution in [2.45, 2.75) is 63.1 Å². The molecule has 3 aromatic carbocycles. The van der Waals surface area contributed by atoms with E-state index in [1.54, 1.807) is 0 Å². The molecule has 2 saturated heterocycles. The summed E-state index contributed by atoms with van der Waals surface area (Å²) in [5.74, 6) is 0. The molecule has 0 radical (unpaired) electrons. The van der Waals surface area contributed by atoms with Crippen LogP contribution < -0.4 is 0 Å². The number of benzene rings is 3. The lowest BCUT2D eigenvalue weighted by molar-refractivity contribution is -0.333. The van der Waals surface area contributed by atoms with Crippen LogP contribution in [-0.4, -0.2) is 43.9 Å². The first-order chi connectivity index (χ1) is 19.8. The van der Waals surface area contributed by atoms with Crippen LogP contribution in [0.4, 0.5) is 0 Å². The number of rotatable bonds is 9. The zero-order valence-electron chi connectivity index (χ0n) is 22.5. The molecule has 0 bridgehead atoms. The van der Waals surface area contributed by atoms with E-state index < -0.39 is 24.8 Å². The fourth-order valence-corrected chi connectivity index (χ4v) is 5.31. The molecular formula is C34H36O6. The van der Waals surface area contributed by atoms with Crippen LogP contribution in [0.2, 0.25) is 0 Å². The standard InChI is InChI=1S/C34H36O6/c1-5-13-25(14-6-1)21-35-29-23-37-33(27-17-9-3-10-18-27)39-31(29)32-30(36-22-26-15-7-2-8-16-26)24-38-34(40-32)28-19-11-4-12-20-28/h1-11,13-19,29-34H,12,20-24H2/t29-,30-,31?,32?,33+,34+/m0/s1. The lowest BCUT2D eigenvalue weighted by atomic mass is 9.98. The van der Waals surface area contributed by atoms with Crippen LogP contribution in [0.15, 0.2) is 115 Å². The van der Waals surface area contributed by atoms with Crippen LogP contribution in [0.25, 0.3) is 0 Å². The van der Waals surface area contributed by atoms with Crippen LogP contribution >= 0.6 is 0 Å². The van der Waals surface area contributed by atoms with Crippen molar-refractivity contribution in [2.24, 2.45) is 0 Å². The van der Waals surface area contributed by atoms with Crippen LogP contribution in [0.5, 0.6) is 0 Å². The highest BCUT2D eigenvalue weighted by molar-refractivity contribution is 5.21. The maximum absolute atomic E-state index is 6.72. The summed E-state index contributed by atoms with van der Waals surface area (Å²) < 4.78 is 38.8. The molecule has 6 atom stereocenters. The summed E-state index contributed by atoms with van der Waals surface area (Å²) in [6, 6.07) is 30.3. The van der Waals surface area contributed by atoms with Crippen molar-refractivity contribution in [2.75, 3.05) is 13.2 Å². The van der Waals surface area contributed by atoms with E-state index in [9.17, 15) is 0 Å². The molecule has 3 aliphatic rings. The molecule has 3 aromatic rings. The van der Waals surface area contributed by atoms with Gasteiger partial charge in [-0.15, -0.1) is 0 Å². The average Bonchev–Trinajstić information content (AvgIpc) is 3.04. The van der Waals surface area contributed by atoms with Gasteiger partial charge >= 0.3 is 0 Å². The van der Waals surface area contributed by atoms with Crippen LogP contribution in [0.1, 0.15) is 35.8 Å². The predicted molar refractivity (Wildman–Crippen MR) is 151 cm³/mol. The molecule has 6 rings (SSSR count). The first-order valence-corrected chi connectivity index (χ1v) is 14.1. The van der Waals surface area contributed by atoms with Gasteiger partial charge in [-0.25, -0.2) is 0 Å². The molecule has 2 fully saturated rings. The van der Waals surface area contributed by atoms with Gasteiger partial charge in [0.1, 0.15) is 24.4 Å². The monoisotopic (exact) mass is 540 g/mol. The zero-order valence-corrected chi connectivity index (χ0v) is 22.5. The van der Waals surface area contributed by atoms with E-state index in [4.69, 9.17) is 28.4 Å². The van der Waals surface area contributed by atoms with Crippen LogP contribution in [-0.2, 0) is 41.6 Å². The summed E-state index contributed by atoms with van der Waals surface area (Å²) in [6.45, 7) is 1.67. The van der Waals surface area contributed by atoms with Gasteiger partial charge in [-0.2, -0.15) is 0 Å². The fourth-order valence-electron chi connectivity index (χ4n) is 5.31. The summed E-state index contributed by atoms with van der Waals surface area (Å²) in [4.78, 5) is 0. The number of hydrogen-bond acceptors (Lipinski definition) is 6. The molecule has 0 amide bonds. The molecule has 2 unspecified atom stereocenters. The van der Waals surface area contributed by atoms with Crippen molar-refractivity contribution < 1.29 is 28.4 Å². The molecule has 40 heavy (non-hydrogen) atoms. The van der Waals surface area contributed by atoms with Gasteiger partial charge in [-0.05, 0) is 29.5 Å². The third-order valence-electron chi connectivity index (χ3n) is 7.48. The molecule has 208 valence electrons. The van der Waals surface area contributed by atoms with Gasteiger partial charge < -0.3 is 28.4 Å². The van der Waals surface area contributed by atoms with E-state index >= 15 is 0 Å². The second kappa shape index (κ2) is 13.5. The average molecular weight is 541 g/mol. The largest absolute Gasteiger partial charge is 0.368 e. The van der Waals surface area contributed by atoms with Gasteiger partial charge in [0, 0.05) is 5.56 Å². The molecule has 0 saturated carbocycles. The highest BCUT2D eigenvalue weighted by Gasteiger charge is 2.47. The first kappa shape index (κ1) is 27.1. The summed E-state index contributed by atoms with van der Waals surface area (Å²) in [5.41, 5.74) is 4.27. The summed E-state index contributed by atoms with van der Waals surface area (Å²) in [6.07, 6.45) is 5.65. The molecule has 1 aliphatic carbocycles. The lowest BCUT2D eigenvalue weighted by Crippen LogP contribution is -2.58. The van der Waals surface area contributed by atoms with E-state index in [1.807, 2.05) is 66.7 Å². The Balaban J connectivity index is 1.26. The Labute approximate surface area is 236 Å². The fraction of sp³-hybridized carbons (Fsp3) is 0.353. The molecule has 0 spiro atoms. The van der Waals surface area contributed by atoms with Crippen molar-refractivity contribution in [1.29, 1.82) is 0 Å². The molecular weight excluding hydrogens is 504 g/mol. The number of allylic oxidation sites excluding steroid dienone is 3.